The standard InChI is InChI=1S/C10H14BrF3N2O/c1-3-7(2)17-5-9-8(11)4-16(15-9)6-10(12,13)14/h4,7H,3,5-6H2,1-2H3/t7-/m0/s1. The fourth-order valence-electron chi connectivity index (χ4n) is 1.14. The first-order valence-electron chi connectivity index (χ1n) is 5.22. The topological polar surface area (TPSA) is 27.1 Å². The van der Waals surface area contributed by atoms with Gasteiger partial charge in [0.25, 0.3) is 0 Å². The van der Waals surface area contributed by atoms with Crippen LogP contribution in [0.1, 0.15) is 26.0 Å². The van der Waals surface area contributed by atoms with Crippen LogP contribution in [0.15, 0.2) is 10.7 Å². The molecule has 7 heteroatoms. The highest BCUT2D eigenvalue weighted by Crippen LogP contribution is 2.21. The van der Waals surface area contributed by atoms with E-state index in [2.05, 4.69) is 21.0 Å². The summed E-state index contributed by atoms with van der Waals surface area (Å²) in [4.78, 5) is 0. The van der Waals surface area contributed by atoms with Crippen molar-refractivity contribution in [1.82, 2.24) is 9.78 Å². The van der Waals surface area contributed by atoms with E-state index in [0.29, 0.717) is 10.2 Å². The second-order valence-corrected chi connectivity index (χ2v) is 4.62. The lowest BCUT2D eigenvalue weighted by Crippen LogP contribution is -2.18. The molecular formula is C10H14BrF3N2O. The Kier molecular flexibility index (Phi) is 5.00. The van der Waals surface area contributed by atoms with Gasteiger partial charge in [-0.15, -0.1) is 0 Å². The lowest BCUT2D eigenvalue weighted by molar-refractivity contribution is -0.142. The Hall–Kier alpha value is -0.560. The minimum absolute atomic E-state index is 0.0645. The number of hydrogen-bond donors (Lipinski definition) is 0. The quantitative estimate of drug-likeness (QED) is 0.831. The van der Waals surface area contributed by atoms with Crippen LogP contribution in [-0.2, 0) is 17.9 Å². The first-order chi connectivity index (χ1) is 7.81. The van der Waals surface area contributed by atoms with Gasteiger partial charge in [0.1, 0.15) is 12.2 Å². The number of ether oxygens (including phenoxy) is 1. The van der Waals surface area contributed by atoms with Gasteiger partial charge in [0.15, 0.2) is 0 Å². The molecule has 17 heavy (non-hydrogen) atoms. The molecule has 0 aliphatic carbocycles. The van der Waals surface area contributed by atoms with Gasteiger partial charge in [-0.3, -0.25) is 4.68 Å². The van der Waals surface area contributed by atoms with Crippen molar-refractivity contribution in [2.24, 2.45) is 0 Å². The molecule has 0 saturated carbocycles. The number of hydrogen-bond acceptors (Lipinski definition) is 2. The van der Waals surface area contributed by atoms with Gasteiger partial charge in [-0.25, -0.2) is 0 Å². The van der Waals surface area contributed by atoms with Crippen LogP contribution in [0.25, 0.3) is 0 Å². The Bertz CT molecular complexity index is 365. The molecule has 98 valence electrons. The van der Waals surface area contributed by atoms with E-state index in [1.54, 1.807) is 0 Å². The highest BCUT2D eigenvalue weighted by molar-refractivity contribution is 9.10. The largest absolute Gasteiger partial charge is 0.408 e. The molecule has 1 atom stereocenters. The molecule has 1 rings (SSSR count). The zero-order valence-electron chi connectivity index (χ0n) is 9.59. The van der Waals surface area contributed by atoms with E-state index < -0.39 is 12.7 Å². The lowest BCUT2D eigenvalue weighted by atomic mass is 10.3. The maximum absolute atomic E-state index is 12.1. The first kappa shape index (κ1) is 14.5. The molecule has 0 bridgehead atoms. The third kappa shape index (κ3) is 5.08. The fraction of sp³-hybridized carbons (Fsp3) is 0.700. The van der Waals surface area contributed by atoms with Crippen molar-refractivity contribution < 1.29 is 17.9 Å². The van der Waals surface area contributed by atoms with Crippen molar-refractivity contribution in [1.29, 1.82) is 0 Å². The van der Waals surface area contributed by atoms with Crippen LogP contribution in [0.4, 0.5) is 13.2 Å². The Labute approximate surface area is 106 Å². The molecule has 0 aromatic carbocycles. The molecule has 1 aromatic heterocycles. The fourth-order valence-corrected chi connectivity index (χ4v) is 1.57. The average Bonchev–Trinajstić information content (AvgIpc) is 2.52. The van der Waals surface area contributed by atoms with Crippen LogP contribution < -0.4 is 0 Å². The van der Waals surface area contributed by atoms with Crippen molar-refractivity contribution >= 4 is 15.9 Å². The zero-order chi connectivity index (χ0) is 13.1. The summed E-state index contributed by atoms with van der Waals surface area (Å²) in [6.45, 7) is 3.00. The normalized spacial score (nSPS) is 14.0. The summed E-state index contributed by atoms with van der Waals surface area (Å²) < 4.78 is 43.2. The van der Waals surface area contributed by atoms with Crippen LogP contribution in [-0.4, -0.2) is 22.1 Å². The number of alkyl halides is 3. The molecule has 0 aliphatic heterocycles. The Balaban J connectivity index is 2.62. The molecule has 1 aromatic rings. The summed E-state index contributed by atoms with van der Waals surface area (Å²) in [6, 6.07) is 0. The van der Waals surface area contributed by atoms with E-state index in [0.717, 1.165) is 11.1 Å². The monoisotopic (exact) mass is 314 g/mol. The average molecular weight is 315 g/mol. The smallest absolute Gasteiger partial charge is 0.372 e. The number of halogens is 4. The highest BCUT2D eigenvalue weighted by Gasteiger charge is 2.28. The second kappa shape index (κ2) is 5.86. The predicted octanol–water partition coefficient (Wildman–Crippen LogP) is 3.52. The molecule has 0 N–H and O–H groups in total. The summed E-state index contributed by atoms with van der Waals surface area (Å²) in [5.41, 5.74) is 0.481. The predicted molar refractivity (Wildman–Crippen MR) is 60.5 cm³/mol. The third-order valence-electron chi connectivity index (χ3n) is 2.21. The third-order valence-corrected chi connectivity index (χ3v) is 2.87. The number of rotatable bonds is 5. The Morgan fingerprint density at radius 1 is 1.53 bits per heavy atom. The van der Waals surface area contributed by atoms with E-state index in [4.69, 9.17) is 4.74 Å². The maximum Gasteiger partial charge on any atom is 0.408 e. The van der Waals surface area contributed by atoms with Gasteiger partial charge in [-0.05, 0) is 29.3 Å². The Morgan fingerprint density at radius 2 is 2.18 bits per heavy atom. The Morgan fingerprint density at radius 3 is 2.71 bits per heavy atom. The lowest BCUT2D eigenvalue weighted by Gasteiger charge is -2.09. The molecule has 0 amide bonds. The van der Waals surface area contributed by atoms with Crippen molar-refractivity contribution in [2.45, 2.75) is 45.7 Å². The minimum atomic E-state index is -4.26. The van der Waals surface area contributed by atoms with Crippen molar-refractivity contribution in [3.63, 3.8) is 0 Å². The van der Waals surface area contributed by atoms with Crippen molar-refractivity contribution in [3.05, 3.63) is 16.4 Å². The number of nitrogens with zero attached hydrogens (tertiary/aromatic N) is 2. The molecule has 0 saturated heterocycles. The van der Waals surface area contributed by atoms with Gasteiger partial charge in [-0.2, -0.15) is 18.3 Å². The molecule has 0 radical (unpaired) electrons. The SMILES string of the molecule is CC[C@H](C)OCc1nn(CC(F)(F)F)cc1Br. The summed E-state index contributed by atoms with van der Waals surface area (Å²) in [7, 11) is 0. The van der Waals surface area contributed by atoms with Gasteiger partial charge in [0.05, 0.1) is 17.2 Å². The molecule has 0 fully saturated rings. The van der Waals surface area contributed by atoms with Gasteiger partial charge in [-0.1, -0.05) is 6.92 Å². The van der Waals surface area contributed by atoms with Gasteiger partial charge in [0, 0.05) is 6.20 Å². The van der Waals surface area contributed by atoms with Gasteiger partial charge < -0.3 is 4.74 Å². The summed E-state index contributed by atoms with van der Waals surface area (Å²) in [6.07, 6.45) is -2.04. The molecule has 0 spiro atoms. The van der Waals surface area contributed by atoms with Crippen molar-refractivity contribution in [3.8, 4) is 0 Å². The summed E-state index contributed by atoms with van der Waals surface area (Å²) in [5.74, 6) is 0. The zero-order valence-corrected chi connectivity index (χ0v) is 11.2. The number of aromatic nitrogens is 2. The van der Waals surface area contributed by atoms with E-state index >= 15 is 0 Å². The van der Waals surface area contributed by atoms with E-state index in [9.17, 15) is 13.2 Å². The van der Waals surface area contributed by atoms with Crippen LogP contribution in [0.5, 0.6) is 0 Å². The molecule has 0 aliphatic rings. The van der Waals surface area contributed by atoms with Crippen LogP contribution >= 0.6 is 15.9 Å². The minimum Gasteiger partial charge on any atom is -0.372 e. The van der Waals surface area contributed by atoms with Crippen LogP contribution in [0.2, 0.25) is 0 Å². The first-order valence-corrected chi connectivity index (χ1v) is 6.01. The molecular weight excluding hydrogens is 301 g/mol. The van der Waals surface area contributed by atoms with Crippen LogP contribution in [0.3, 0.4) is 0 Å². The van der Waals surface area contributed by atoms with E-state index in [-0.39, 0.29) is 12.7 Å². The molecule has 3 nitrogen and oxygen atoms in total. The second-order valence-electron chi connectivity index (χ2n) is 3.77. The summed E-state index contributed by atoms with van der Waals surface area (Å²) >= 11 is 3.17. The van der Waals surface area contributed by atoms with E-state index in [1.165, 1.54) is 6.20 Å². The van der Waals surface area contributed by atoms with Gasteiger partial charge in [0.2, 0.25) is 0 Å². The van der Waals surface area contributed by atoms with Gasteiger partial charge >= 0.3 is 6.18 Å². The molecule has 1 heterocycles. The van der Waals surface area contributed by atoms with Crippen LogP contribution in [0, 0.1) is 0 Å². The molecule has 0 unspecified atom stereocenters. The van der Waals surface area contributed by atoms with E-state index in [1.807, 2.05) is 13.8 Å². The maximum atomic E-state index is 12.1. The summed E-state index contributed by atoms with van der Waals surface area (Å²) in [5, 5.41) is 3.83. The van der Waals surface area contributed by atoms with Crippen molar-refractivity contribution in [2.75, 3.05) is 0 Å². The highest BCUT2D eigenvalue weighted by atomic mass is 79.9.